The SMILES string of the molecule is CC(Oc1ccc(Cl)cc1)C(=O)C(C(=O)c1ccc(Cl)cc1Cl)n1cncn1. The van der Waals surface area contributed by atoms with Crippen molar-refractivity contribution in [3.05, 3.63) is 75.8 Å². The van der Waals surface area contributed by atoms with Crippen LogP contribution in [0.15, 0.2) is 55.1 Å². The quantitative estimate of drug-likeness (QED) is 0.395. The third kappa shape index (κ3) is 4.52. The molecule has 2 aromatic carbocycles. The van der Waals surface area contributed by atoms with Gasteiger partial charge < -0.3 is 4.74 Å². The number of Topliss-reactive ketones (excluding diaryl/α,β-unsaturated/α-hetero) is 2. The molecular weight excluding hydrogens is 425 g/mol. The van der Waals surface area contributed by atoms with E-state index in [9.17, 15) is 9.59 Å². The minimum atomic E-state index is -1.29. The lowest BCUT2D eigenvalue weighted by Crippen LogP contribution is -2.37. The van der Waals surface area contributed by atoms with E-state index >= 15 is 0 Å². The van der Waals surface area contributed by atoms with Crippen LogP contribution in [0.25, 0.3) is 0 Å². The molecule has 0 saturated heterocycles. The Labute approximate surface area is 176 Å². The van der Waals surface area contributed by atoms with E-state index in [4.69, 9.17) is 39.5 Å². The van der Waals surface area contributed by atoms with Crippen LogP contribution in [-0.4, -0.2) is 32.4 Å². The van der Waals surface area contributed by atoms with E-state index < -0.39 is 23.7 Å². The minimum absolute atomic E-state index is 0.140. The summed E-state index contributed by atoms with van der Waals surface area (Å²) in [5, 5.41) is 5.02. The first kappa shape index (κ1) is 20.3. The number of halogens is 3. The van der Waals surface area contributed by atoms with Gasteiger partial charge in [0.05, 0.1) is 5.02 Å². The number of benzene rings is 2. The lowest BCUT2D eigenvalue weighted by molar-refractivity contribution is -0.127. The second kappa shape index (κ2) is 8.73. The van der Waals surface area contributed by atoms with Crippen molar-refractivity contribution < 1.29 is 14.3 Å². The molecule has 0 spiro atoms. The van der Waals surface area contributed by atoms with Gasteiger partial charge in [0.1, 0.15) is 18.4 Å². The van der Waals surface area contributed by atoms with Gasteiger partial charge in [0.2, 0.25) is 5.78 Å². The summed E-state index contributed by atoms with van der Waals surface area (Å²) in [5.74, 6) is -0.597. The van der Waals surface area contributed by atoms with E-state index in [1.54, 1.807) is 31.2 Å². The van der Waals surface area contributed by atoms with Gasteiger partial charge in [-0.05, 0) is 49.4 Å². The highest BCUT2D eigenvalue weighted by Gasteiger charge is 2.35. The molecule has 1 aromatic heterocycles. The van der Waals surface area contributed by atoms with Crippen LogP contribution in [0.4, 0.5) is 0 Å². The molecule has 9 heteroatoms. The van der Waals surface area contributed by atoms with Crippen molar-refractivity contribution in [2.24, 2.45) is 0 Å². The molecule has 1 heterocycles. The van der Waals surface area contributed by atoms with Crippen LogP contribution in [0.2, 0.25) is 15.1 Å². The normalized spacial score (nSPS) is 13.0. The second-order valence-electron chi connectivity index (χ2n) is 5.88. The van der Waals surface area contributed by atoms with E-state index in [1.165, 1.54) is 35.5 Å². The van der Waals surface area contributed by atoms with E-state index in [0.29, 0.717) is 15.8 Å². The fraction of sp³-hybridized carbons (Fsp3) is 0.158. The molecule has 0 radical (unpaired) electrons. The Kier molecular flexibility index (Phi) is 6.34. The first-order valence-corrected chi connectivity index (χ1v) is 9.29. The lowest BCUT2D eigenvalue weighted by atomic mass is 9.98. The van der Waals surface area contributed by atoms with Gasteiger partial charge in [-0.1, -0.05) is 34.8 Å². The molecule has 0 fully saturated rings. The predicted octanol–water partition coefficient (Wildman–Crippen LogP) is 4.70. The Bertz CT molecular complexity index is 991. The van der Waals surface area contributed by atoms with E-state index in [0.717, 1.165) is 0 Å². The number of hydrogen-bond acceptors (Lipinski definition) is 5. The second-order valence-corrected chi connectivity index (χ2v) is 7.16. The minimum Gasteiger partial charge on any atom is -0.483 e. The molecular formula is C19H14Cl3N3O3. The van der Waals surface area contributed by atoms with Crippen molar-refractivity contribution in [3.63, 3.8) is 0 Å². The van der Waals surface area contributed by atoms with Crippen LogP contribution < -0.4 is 4.74 Å². The van der Waals surface area contributed by atoms with Gasteiger partial charge in [-0.3, -0.25) is 9.59 Å². The Hall–Kier alpha value is -2.41. The topological polar surface area (TPSA) is 74.1 Å². The predicted molar refractivity (Wildman–Crippen MR) is 106 cm³/mol. The Morgan fingerprint density at radius 3 is 2.32 bits per heavy atom. The van der Waals surface area contributed by atoms with Crippen molar-refractivity contribution in [3.8, 4) is 5.75 Å². The van der Waals surface area contributed by atoms with Gasteiger partial charge in [0.25, 0.3) is 0 Å². The summed E-state index contributed by atoms with van der Waals surface area (Å²) in [6.07, 6.45) is 1.59. The Balaban J connectivity index is 1.90. The summed E-state index contributed by atoms with van der Waals surface area (Å²) >= 11 is 17.9. The molecule has 0 aliphatic carbocycles. The highest BCUT2D eigenvalue weighted by atomic mass is 35.5. The summed E-state index contributed by atoms with van der Waals surface area (Å²) < 4.78 is 6.85. The standard InChI is InChI=1S/C19H14Cl3N3O3/c1-11(28-14-5-2-12(20)3-6-14)18(26)17(25-10-23-9-24-25)19(27)15-7-4-13(21)8-16(15)22/h2-11,17H,1H3. The molecule has 0 N–H and O–H groups in total. The molecule has 0 bridgehead atoms. The molecule has 3 rings (SSSR count). The molecule has 2 atom stereocenters. The number of ether oxygens (including phenoxy) is 1. The monoisotopic (exact) mass is 437 g/mol. The molecule has 0 saturated carbocycles. The fourth-order valence-corrected chi connectivity index (χ4v) is 3.19. The maximum absolute atomic E-state index is 13.1. The van der Waals surface area contributed by atoms with Crippen molar-refractivity contribution in [2.75, 3.05) is 0 Å². The number of carbonyl (C=O) groups is 2. The average Bonchev–Trinajstić information content (AvgIpc) is 3.17. The molecule has 0 aliphatic heterocycles. The molecule has 2 unspecified atom stereocenters. The maximum atomic E-state index is 13.1. The third-order valence-corrected chi connectivity index (χ3v) is 4.74. The zero-order valence-electron chi connectivity index (χ0n) is 14.6. The van der Waals surface area contributed by atoms with Crippen LogP contribution >= 0.6 is 34.8 Å². The molecule has 144 valence electrons. The number of rotatable bonds is 7. The first-order chi connectivity index (χ1) is 13.4. The zero-order valence-corrected chi connectivity index (χ0v) is 16.8. The number of aromatic nitrogens is 3. The third-order valence-electron chi connectivity index (χ3n) is 3.94. The molecule has 28 heavy (non-hydrogen) atoms. The van der Waals surface area contributed by atoms with Gasteiger partial charge in [-0.2, -0.15) is 5.10 Å². The smallest absolute Gasteiger partial charge is 0.205 e. The van der Waals surface area contributed by atoms with Gasteiger partial charge in [-0.25, -0.2) is 9.67 Å². The zero-order chi connectivity index (χ0) is 20.3. The molecule has 0 amide bonds. The summed E-state index contributed by atoms with van der Waals surface area (Å²) in [6, 6.07) is 9.69. The van der Waals surface area contributed by atoms with E-state index in [-0.39, 0.29) is 10.6 Å². The largest absolute Gasteiger partial charge is 0.483 e. The molecule has 3 aromatic rings. The van der Waals surface area contributed by atoms with Crippen LogP contribution in [0.1, 0.15) is 23.3 Å². The average molecular weight is 439 g/mol. The Morgan fingerprint density at radius 2 is 1.71 bits per heavy atom. The highest BCUT2D eigenvalue weighted by Crippen LogP contribution is 2.26. The van der Waals surface area contributed by atoms with Crippen molar-refractivity contribution >= 4 is 46.4 Å². The van der Waals surface area contributed by atoms with Crippen molar-refractivity contribution in [1.82, 2.24) is 14.8 Å². The number of ketones is 2. The van der Waals surface area contributed by atoms with Crippen molar-refractivity contribution in [1.29, 1.82) is 0 Å². The van der Waals surface area contributed by atoms with Crippen LogP contribution in [0.3, 0.4) is 0 Å². The number of carbonyl (C=O) groups excluding carboxylic acids is 2. The number of hydrogen-bond donors (Lipinski definition) is 0. The summed E-state index contributed by atoms with van der Waals surface area (Å²) in [4.78, 5) is 30.0. The summed E-state index contributed by atoms with van der Waals surface area (Å²) in [7, 11) is 0. The van der Waals surface area contributed by atoms with E-state index in [1.807, 2.05) is 0 Å². The Morgan fingerprint density at radius 1 is 1.04 bits per heavy atom. The van der Waals surface area contributed by atoms with Crippen LogP contribution in [-0.2, 0) is 4.79 Å². The van der Waals surface area contributed by atoms with Crippen molar-refractivity contribution in [2.45, 2.75) is 19.1 Å². The first-order valence-electron chi connectivity index (χ1n) is 8.16. The number of nitrogens with zero attached hydrogens (tertiary/aromatic N) is 3. The van der Waals surface area contributed by atoms with Crippen LogP contribution in [0.5, 0.6) is 5.75 Å². The van der Waals surface area contributed by atoms with Gasteiger partial charge in [0, 0.05) is 15.6 Å². The van der Waals surface area contributed by atoms with Crippen LogP contribution in [0, 0.1) is 0 Å². The molecule has 6 nitrogen and oxygen atoms in total. The van der Waals surface area contributed by atoms with Gasteiger partial charge in [-0.15, -0.1) is 0 Å². The van der Waals surface area contributed by atoms with E-state index in [2.05, 4.69) is 10.1 Å². The maximum Gasteiger partial charge on any atom is 0.205 e. The highest BCUT2D eigenvalue weighted by molar-refractivity contribution is 6.37. The lowest BCUT2D eigenvalue weighted by Gasteiger charge is -2.20. The summed E-state index contributed by atoms with van der Waals surface area (Å²) in [5.41, 5.74) is 0.151. The van der Waals surface area contributed by atoms with Gasteiger partial charge >= 0.3 is 0 Å². The fourth-order valence-electron chi connectivity index (χ4n) is 2.56. The molecule has 0 aliphatic rings. The summed E-state index contributed by atoms with van der Waals surface area (Å²) in [6.45, 7) is 1.55. The van der Waals surface area contributed by atoms with Gasteiger partial charge in [0.15, 0.2) is 17.9 Å².